The van der Waals surface area contributed by atoms with E-state index in [1.807, 2.05) is 0 Å². The van der Waals surface area contributed by atoms with Crippen LogP contribution in [0.25, 0.3) is 0 Å². The van der Waals surface area contributed by atoms with Crippen LogP contribution in [0, 0.1) is 16.0 Å². The molecule has 21 heteroatoms. The fourth-order valence-electron chi connectivity index (χ4n) is 4.89. The molecule has 0 fully saturated rings. The number of amides is 7. The maximum atomic E-state index is 13.4. The number of hydrogen-bond donors (Lipinski definition) is 5. The lowest BCUT2D eigenvalue weighted by Gasteiger charge is -2.25. The zero-order valence-electron chi connectivity index (χ0n) is 31.3. The van der Waals surface area contributed by atoms with Crippen molar-refractivity contribution in [2.24, 2.45) is 11.7 Å². The van der Waals surface area contributed by atoms with Crippen LogP contribution in [0.4, 0.5) is 25.8 Å². The summed E-state index contributed by atoms with van der Waals surface area (Å²) in [4.78, 5) is 96.8. The second-order valence-corrected chi connectivity index (χ2v) is 12.5. The quantitative estimate of drug-likeness (QED) is 0.0268. The monoisotopic (exact) mass is 799 g/mol. The van der Waals surface area contributed by atoms with Gasteiger partial charge in [0.2, 0.25) is 11.8 Å². The average molecular weight is 800 g/mol. The van der Waals surface area contributed by atoms with Gasteiger partial charge in [-0.25, -0.2) is 14.4 Å². The molecule has 1 aliphatic heterocycles. The molecule has 2 aromatic rings. The molecule has 3 rings (SSSR count). The van der Waals surface area contributed by atoms with Gasteiger partial charge in [0.05, 0.1) is 37.9 Å². The van der Waals surface area contributed by atoms with Gasteiger partial charge in [-0.05, 0) is 48.6 Å². The van der Waals surface area contributed by atoms with Crippen molar-refractivity contribution in [2.75, 3.05) is 51.4 Å². The van der Waals surface area contributed by atoms with Crippen molar-refractivity contribution < 1.29 is 62.2 Å². The summed E-state index contributed by atoms with van der Waals surface area (Å²) < 4.78 is 25.9. The minimum absolute atomic E-state index is 0.0226. The number of rotatable bonds is 23. The minimum atomic E-state index is -1.10. The summed E-state index contributed by atoms with van der Waals surface area (Å²) in [5.41, 5.74) is 5.84. The van der Waals surface area contributed by atoms with Crippen LogP contribution in [0.3, 0.4) is 0 Å². The van der Waals surface area contributed by atoms with Crippen LogP contribution in [-0.4, -0.2) is 110 Å². The summed E-state index contributed by atoms with van der Waals surface area (Å²) in [6, 6.07) is 8.13. The number of primary amides is 1. The van der Waals surface area contributed by atoms with E-state index in [0.29, 0.717) is 11.3 Å². The predicted octanol–water partition coefficient (Wildman–Crippen LogP) is 1.89. The number of nitrogens with two attached hydrogens (primary N) is 1. The molecular weight excluding hydrogens is 754 g/mol. The Morgan fingerprint density at radius 2 is 1.46 bits per heavy atom. The lowest BCUT2D eigenvalue weighted by Crippen LogP contribution is -2.54. The number of non-ortho nitro benzene ring substituents is 1. The summed E-state index contributed by atoms with van der Waals surface area (Å²) in [6.07, 6.45) is 0.785. The van der Waals surface area contributed by atoms with Gasteiger partial charge < -0.3 is 50.7 Å². The van der Waals surface area contributed by atoms with Crippen LogP contribution in [-0.2, 0) is 44.7 Å². The van der Waals surface area contributed by atoms with Crippen molar-refractivity contribution in [1.82, 2.24) is 20.9 Å². The Hall–Kier alpha value is -6.61. The highest BCUT2D eigenvalue weighted by Crippen LogP contribution is 2.18. The summed E-state index contributed by atoms with van der Waals surface area (Å²) in [7, 11) is 0. The molecule has 0 radical (unpaired) electrons. The Balaban J connectivity index is 1.44. The Labute approximate surface area is 326 Å². The number of nitrogens with one attached hydrogen (secondary N) is 4. The minimum Gasteiger partial charge on any atom is -0.447 e. The summed E-state index contributed by atoms with van der Waals surface area (Å²) >= 11 is 0. The average Bonchev–Trinajstić information content (AvgIpc) is 3.49. The number of ether oxygens (including phenoxy) is 5. The van der Waals surface area contributed by atoms with Gasteiger partial charge in [0, 0.05) is 36.5 Å². The fourth-order valence-corrected chi connectivity index (χ4v) is 4.89. The standard InChI is InChI=1S/C36H45N7O14/c1-23(2)31(41-35(49)55-21-20-54-19-18-53-17-16-42-29(44)13-14-30(42)45)33(47)40-28(4-3-15-38-34(37)48)32(46)39-25-7-5-24(6-8-25)22-56-36(50)57-27-11-9-26(10-12-27)43(51)52/h5-14,23,28,31H,3-4,15-22H2,1-2H3,(H,39,46)(H,40,47)(H,41,49)(H3,37,38,48)/t28-,31-/m0/s1. The molecule has 0 aromatic heterocycles. The highest BCUT2D eigenvalue weighted by molar-refractivity contribution is 6.12. The number of anilines is 1. The van der Waals surface area contributed by atoms with E-state index in [4.69, 9.17) is 29.4 Å². The van der Waals surface area contributed by atoms with Crippen molar-refractivity contribution in [3.05, 3.63) is 76.4 Å². The van der Waals surface area contributed by atoms with Gasteiger partial charge in [0.25, 0.3) is 17.5 Å². The first-order valence-electron chi connectivity index (χ1n) is 17.7. The molecular formula is C36H45N7O14. The number of imide groups is 1. The number of nitro benzene ring substituents is 1. The van der Waals surface area contributed by atoms with Gasteiger partial charge >= 0.3 is 18.3 Å². The number of hydrogen-bond acceptors (Lipinski definition) is 14. The maximum absolute atomic E-state index is 13.4. The van der Waals surface area contributed by atoms with E-state index in [0.717, 1.165) is 4.90 Å². The third-order valence-corrected chi connectivity index (χ3v) is 7.84. The van der Waals surface area contributed by atoms with E-state index in [9.17, 15) is 43.7 Å². The molecule has 2 atom stereocenters. The van der Waals surface area contributed by atoms with Crippen molar-refractivity contribution in [3.8, 4) is 5.75 Å². The number of alkyl carbamates (subject to hydrolysis) is 1. The predicted molar refractivity (Wildman–Crippen MR) is 198 cm³/mol. The van der Waals surface area contributed by atoms with Gasteiger partial charge in [-0.3, -0.25) is 34.2 Å². The maximum Gasteiger partial charge on any atom is 0.514 e. The normalized spacial score (nSPS) is 13.1. The van der Waals surface area contributed by atoms with Crippen molar-refractivity contribution in [2.45, 2.75) is 45.4 Å². The SMILES string of the molecule is CC(C)[C@H](NC(=O)OCCOCCOCCN1C(=O)C=CC1=O)C(=O)N[C@@H](CCCNC(N)=O)C(=O)Nc1ccc(COC(=O)Oc2ccc([N+](=O)[O-])cc2)cc1. The third kappa shape index (κ3) is 16.3. The van der Waals surface area contributed by atoms with E-state index >= 15 is 0 Å². The molecule has 1 heterocycles. The van der Waals surface area contributed by atoms with Gasteiger partial charge in [0.15, 0.2) is 0 Å². The topological polar surface area (TPSA) is 286 Å². The first-order valence-corrected chi connectivity index (χ1v) is 17.7. The molecule has 0 saturated heterocycles. The smallest absolute Gasteiger partial charge is 0.447 e. The van der Waals surface area contributed by atoms with E-state index in [2.05, 4.69) is 21.3 Å². The van der Waals surface area contributed by atoms with Crippen LogP contribution in [0.15, 0.2) is 60.7 Å². The number of benzene rings is 2. The Morgan fingerprint density at radius 1 is 0.825 bits per heavy atom. The highest BCUT2D eigenvalue weighted by Gasteiger charge is 2.29. The summed E-state index contributed by atoms with van der Waals surface area (Å²) in [6.45, 7) is 3.77. The molecule has 0 saturated carbocycles. The third-order valence-electron chi connectivity index (χ3n) is 7.84. The van der Waals surface area contributed by atoms with Crippen LogP contribution >= 0.6 is 0 Å². The van der Waals surface area contributed by atoms with E-state index in [1.165, 1.54) is 48.6 Å². The molecule has 2 aromatic carbocycles. The lowest BCUT2D eigenvalue weighted by atomic mass is 10.0. The molecule has 308 valence electrons. The largest absolute Gasteiger partial charge is 0.514 e. The zero-order valence-corrected chi connectivity index (χ0v) is 31.3. The van der Waals surface area contributed by atoms with Gasteiger partial charge in [-0.15, -0.1) is 0 Å². The Bertz CT molecular complexity index is 1730. The highest BCUT2D eigenvalue weighted by atomic mass is 16.7. The van der Waals surface area contributed by atoms with Crippen molar-refractivity contribution >= 4 is 53.3 Å². The van der Waals surface area contributed by atoms with Crippen LogP contribution < -0.4 is 31.7 Å². The number of nitro groups is 1. The van der Waals surface area contributed by atoms with Crippen LogP contribution in [0.5, 0.6) is 5.75 Å². The number of carbonyl (C=O) groups is 7. The number of carbonyl (C=O) groups excluding carboxylic acids is 7. The van der Waals surface area contributed by atoms with Gasteiger partial charge in [-0.1, -0.05) is 26.0 Å². The molecule has 0 bridgehead atoms. The van der Waals surface area contributed by atoms with Crippen molar-refractivity contribution in [3.63, 3.8) is 0 Å². The molecule has 1 aliphatic rings. The lowest BCUT2D eigenvalue weighted by molar-refractivity contribution is -0.384. The fraction of sp³-hybridized carbons (Fsp3) is 0.417. The van der Waals surface area contributed by atoms with Gasteiger partial charge in [-0.2, -0.15) is 0 Å². The zero-order chi connectivity index (χ0) is 41.7. The summed E-state index contributed by atoms with van der Waals surface area (Å²) in [5.74, 6) is -2.43. The second-order valence-electron chi connectivity index (χ2n) is 12.5. The van der Waals surface area contributed by atoms with Crippen molar-refractivity contribution in [1.29, 1.82) is 0 Å². The number of nitrogens with zero attached hydrogens (tertiary/aromatic N) is 2. The molecule has 57 heavy (non-hydrogen) atoms. The van der Waals surface area contributed by atoms with E-state index in [1.54, 1.807) is 26.0 Å². The molecule has 0 aliphatic carbocycles. The Kier molecular flexibility index (Phi) is 18.3. The molecule has 0 spiro atoms. The Morgan fingerprint density at radius 3 is 2.07 bits per heavy atom. The molecule has 6 N–H and O–H groups in total. The molecule has 7 amide bonds. The van der Waals surface area contributed by atoms with E-state index in [-0.39, 0.29) is 77.0 Å². The number of urea groups is 1. The second kappa shape index (κ2) is 23.3. The van der Waals surface area contributed by atoms with Crippen LogP contribution in [0.2, 0.25) is 0 Å². The first-order chi connectivity index (χ1) is 27.2. The van der Waals surface area contributed by atoms with Gasteiger partial charge in [0.1, 0.15) is 31.0 Å². The molecule has 0 unspecified atom stereocenters. The molecule has 21 nitrogen and oxygen atoms in total. The summed E-state index contributed by atoms with van der Waals surface area (Å²) in [5, 5.41) is 21.1. The van der Waals surface area contributed by atoms with Crippen LogP contribution in [0.1, 0.15) is 32.3 Å². The first kappa shape index (κ1) is 44.8. The van der Waals surface area contributed by atoms with E-state index < -0.39 is 64.8 Å².